The molecule has 0 saturated heterocycles. The highest BCUT2D eigenvalue weighted by Crippen LogP contribution is 2.37. The van der Waals surface area contributed by atoms with Crippen molar-refractivity contribution < 1.29 is 4.79 Å². The maximum Gasteiger partial charge on any atom is 0.238 e. The van der Waals surface area contributed by atoms with Crippen LogP contribution in [0.25, 0.3) is 0 Å². The van der Waals surface area contributed by atoms with Crippen LogP contribution in [0.5, 0.6) is 0 Å². The van der Waals surface area contributed by atoms with Crippen LogP contribution in [0.15, 0.2) is 0 Å². The highest BCUT2D eigenvalue weighted by atomic mass is 16.1. The molecule has 0 aliphatic heterocycles. The number of amides is 1. The van der Waals surface area contributed by atoms with Crippen molar-refractivity contribution in [3.63, 3.8) is 0 Å². The van der Waals surface area contributed by atoms with Gasteiger partial charge in [-0.25, -0.2) is 0 Å². The van der Waals surface area contributed by atoms with Gasteiger partial charge in [-0.3, -0.25) is 4.79 Å². The Morgan fingerprint density at radius 2 is 2.16 bits per heavy atom. The van der Waals surface area contributed by atoms with Gasteiger partial charge in [-0.1, -0.05) is 26.7 Å². The molecular weight excluding hydrogens is 238 g/mol. The first-order chi connectivity index (χ1) is 9.06. The van der Waals surface area contributed by atoms with Crippen LogP contribution in [0.4, 0.5) is 0 Å². The zero-order valence-electron chi connectivity index (χ0n) is 12.9. The number of carbonyl (C=O) groups is 1. The molecule has 0 aromatic rings. The van der Waals surface area contributed by atoms with Crippen molar-refractivity contribution in [1.29, 1.82) is 0 Å². The van der Waals surface area contributed by atoms with E-state index in [9.17, 15) is 4.79 Å². The molecule has 19 heavy (non-hydrogen) atoms. The SMILES string of the molecule is CCCCN(C)CCC1CCCC1(NCC)C(N)=O. The van der Waals surface area contributed by atoms with E-state index in [0.29, 0.717) is 5.92 Å². The summed E-state index contributed by atoms with van der Waals surface area (Å²) in [4.78, 5) is 14.3. The number of nitrogens with zero attached hydrogens (tertiary/aromatic N) is 1. The van der Waals surface area contributed by atoms with Gasteiger partial charge in [-0.2, -0.15) is 0 Å². The first kappa shape index (κ1) is 16.4. The number of nitrogens with one attached hydrogen (secondary N) is 1. The molecule has 0 radical (unpaired) electrons. The lowest BCUT2D eigenvalue weighted by Crippen LogP contribution is -2.58. The number of primary amides is 1. The van der Waals surface area contributed by atoms with Crippen LogP contribution in [0, 0.1) is 5.92 Å². The van der Waals surface area contributed by atoms with E-state index in [1.807, 2.05) is 6.92 Å². The number of hydrogen-bond donors (Lipinski definition) is 2. The maximum atomic E-state index is 11.9. The van der Waals surface area contributed by atoms with Gasteiger partial charge in [0.05, 0.1) is 0 Å². The molecule has 0 aromatic heterocycles. The summed E-state index contributed by atoms with van der Waals surface area (Å²) >= 11 is 0. The maximum absolute atomic E-state index is 11.9. The van der Waals surface area contributed by atoms with Crippen LogP contribution < -0.4 is 11.1 Å². The summed E-state index contributed by atoms with van der Waals surface area (Å²) in [5, 5.41) is 3.38. The van der Waals surface area contributed by atoms with Gasteiger partial charge in [0.2, 0.25) is 5.91 Å². The van der Waals surface area contributed by atoms with Gasteiger partial charge in [-0.05, 0) is 58.3 Å². The number of hydrogen-bond acceptors (Lipinski definition) is 3. The lowest BCUT2D eigenvalue weighted by molar-refractivity contribution is -0.126. The molecule has 4 heteroatoms. The zero-order valence-corrected chi connectivity index (χ0v) is 12.9. The average molecular weight is 269 g/mol. The smallest absolute Gasteiger partial charge is 0.238 e. The Morgan fingerprint density at radius 3 is 2.74 bits per heavy atom. The summed E-state index contributed by atoms with van der Waals surface area (Å²) < 4.78 is 0. The second-order valence-corrected chi connectivity index (χ2v) is 5.90. The molecule has 3 N–H and O–H groups in total. The summed E-state index contributed by atoms with van der Waals surface area (Å²) in [6, 6.07) is 0. The number of unbranched alkanes of at least 4 members (excludes halogenated alkanes) is 1. The molecular formula is C15H31N3O. The molecule has 1 amide bonds. The second-order valence-electron chi connectivity index (χ2n) is 5.90. The minimum absolute atomic E-state index is 0.159. The molecule has 1 aliphatic rings. The summed E-state index contributed by atoms with van der Waals surface area (Å²) in [6.45, 7) is 7.28. The molecule has 2 atom stereocenters. The van der Waals surface area contributed by atoms with Crippen LogP contribution >= 0.6 is 0 Å². The minimum Gasteiger partial charge on any atom is -0.368 e. The molecule has 0 heterocycles. The van der Waals surface area contributed by atoms with Gasteiger partial charge in [0.25, 0.3) is 0 Å². The largest absolute Gasteiger partial charge is 0.368 e. The molecule has 4 nitrogen and oxygen atoms in total. The van der Waals surface area contributed by atoms with Crippen molar-refractivity contribution in [2.75, 3.05) is 26.7 Å². The number of rotatable bonds is 9. The highest BCUT2D eigenvalue weighted by molar-refractivity contribution is 5.85. The minimum atomic E-state index is -0.444. The van der Waals surface area contributed by atoms with Crippen LogP contribution in [-0.2, 0) is 4.79 Å². The van der Waals surface area contributed by atoms with Gasteiger partial charge < -0.3 is 16.0 Å². The molecule has 0 bridgehead atoms. The first-order valence-electron chi connectivity index (χ1n) is 7.80. The van der Waals surface area contributed by atoms with E-state index < -0.39 is 5.54 Å². The Balaban J connectivity index is 2.53. The standard InChI is InChI=1S/C15H31N3O/c1-4-6-11-18(3)12-9-13-8-7-10-15(13,14(16)19)17-5-2/h13,17H,4-12H2,1-3H3,(H2,16,19). The predicted molar refractivity (Wildman–Crippen MR) is 80.0 cm³/mol. The van der Waals surface area contributed by atoms with Crippen molar-refractivity contribution in [3.05, 3.63) is 0 Å². The van der Waals surface area contributed by atoms with Crippen molar-refractivity contribution in [1.82, 2.24) is 10.2 Å². The normalized spacial score (nSPS) is 27.1. The Bertz CT molecular complexity index is 283. The fraction of sp³-hybridized carbons (Fsp3) is 0.933. The third kappa shape index (κ3) is 4.18. The fourth-order valence-electron chi connectivity index (χ4n) is 3.34. The first-order valence-corrected chi connectivity index (χ1v) is 7.80. The zero-order chi connectivity index (χ0) is 14.3. The van der Waals surface area contributed by atoms with Gasteiger partial charge in [0.15, 0.2) is 0 Å². The van der Waals surface area contributed by atoms with Crippen LogP contribution in [0.1, 0.15) is 52.4 Å². The van der Waals surface area contributed by atoms with Crippen LogP contribution in [0.2, 0.25) is 0 Å². The van der Waals surface area contributed by atoms with Gasteiger partial charge in [0, 0.05) is 0 Å². The molecule has 1 aliphatic carbocycles. The van der Waals surface area contributed by atoms with Crippen LogP contribution in [0.3, 0.4) is 0 Å². The van der Waals surface area contributed by atoms with E-state index in [1.165, 1.54) is 12.8 Å². The topological polar surface area (TPSA) is 58.4 Å². The predicted octanol–water partition coefficient (Wildman–Crippen LogP) is 1.74. The molecule has 0 aromatic carbocycles. The summed E-state index contributed by atoms with van der Waals surface area (Å²) in [7, 11) is 2.17. The Hall–Kier alpha value is -0.610. The highest BCUT2D eigenvalue weighted by Gasteiger charge is 2.46. The van der Waals surface area contributed by atoms with Crippen molar-refractivity contribution in [2.24, 2.45) is 11.7 Å². The molecule has 1 rings (SSSR count). The summed E-state index contributed by atoms with van der Waals surface area (Å²) in [6.07, 6.45) is 6.68. The summed E-state index contributed by atoms with van der Waals surface area (Å²) in [5.74, 6) is 0.238. The summed E-state index contributed by atoms with van der Waals surface area (Å²) in [5.41, 5.74) is 5.24. The quantitative estimate of drug-likeness (QED) is 0.670. The average Bonchev–Trinajstić information content (AvgIpc) is 2.78. The lowest BCUT2D eigenvalue weighted by atomic mass is 9.83. The Morgan fingerprint density at radius 1 is 1.42 bits per heavy atom. The Kier molecular flexibility index (Phi) is 6.80. The van der Waals surface area contributed by atoms with Crippen LogP contribution in [-0.4, -0.2) is 43.0 Å². The number of carbonyl (C=O) groups excluding carboxylic acids is 1. The van der Waals surface area contributed by atoms with E-state index >= 15 is 0 Å². The van der Waals surface area contributed by atoms with Crippen molar-refractivity contribution in [2.45, 2.75) is 57.9 Å². The monoisotopic (exact) mass is 269 g/mol. The van der Waals surface area contributed by atoms with Gasteiger partial charge in [-0.15, -0.1) is 0 Å². The molecule has 1 fully saturated rings. The van der Waals surface area contributed by atoms with E-state index in [-0.39, 0.29) is 5.91 Å². The molecule has 0 spiro atoms. The van der Waals surface area contributed by atoms with E-state index in [4.69, 9.17) is 5.73 Å². The van der Waals surface area contributed by atoms with Crippen molar-refractivity contribution >= 4 is 5.91 Å². The molecule has 112 valence electrons. The van der Waals surface area contributed by atoms with E-state index in [0.717, 1.165) is 45.3 Å². The number of likely N-dealkylation sites (N-methyl/N-ethyl adjacent to an activating group) is 1. The van der Waals surface area contributed by atoms with E-state index in [2.05, 4.69) is 24.2 Å². The third-order valence-corrected chi connectivity index (χ3v) is 4.51. The second kappa shape index (κ2) is 7.85. The third-order valence-electron chi connectivity index (χ3n) is 4.51. The van der Waals surface area contributed by atoms with E-state index in [1.54, 1.807) is 0 Å². The Labute approximate surface area is 118 Å². The fourth-order valence-corrected chi connectivity index (χ4v) is 3.34. The van der Waals surface area contributed by atoms with Gasteiger partial charge >= 0.3 is 0 Å². The van der Waals surface area contributed by atoms with Crippen molar-refractivity contribution in [3.8, 4) is 0 Å². The molecule has 1 saturated carbocycles. The lowest BCUT2D eigenvalue weighted by Gasteiger charge is -2.34. The van der Waals surface area contributed by atoms with Gasteiger partial charge in [0.1, 0.15) is 5.54 Å². The number of nitrogens with two attached hydrogens (primary N) is 1. The molecule has 2 unspecified atom stereocenters.